The second kappa shape index (κ2) is 6.52. The van der Waals surface area contributed by atoms with E-state index in [0.717, 1.165) is 0 Å². The lowest BCUT2D eigenvalue weighted by atomic mass is 10.1. The Balaban J connectivity index is 2.71. The zero-order chi connectivity index (χ0) is 15.3. The molecular formula is C15H22N2O3. The second-order valence-corrected chi connectivity index (χ2v) is 5.39. The summed E-state index contributed by atoms with van der Waals surface area (Å²) >= 11 is 0. The number of anilines is 1. The Labute approximate surface area is 119 Å². The number of carbonyl (C=O) groups is 2. The fourth-order valence-electron chi connectivity index (χ4n) is 1.79. The van der Waals surface area contributed by atoms with Crippen molar-refractivity contribution in [3.8, 4) is 0 Å². The lowest BCUT2D eigenvalue weighted by Gasteiger charge is -2.28. The van der Waals surface area contributed by atoms with Crippen molar-refractivity contribution in [3.05, 3.63) is 29.8 Å². The number of urea groups is 1. The van der Waals surface area contributed by atoms with E-state index in [9.17, 15) is 14.7 Å². The van der Waals surface area contributed by atoms with Gasteiger partial charge < -0.3 is 15.3 Å². The smallest absolute Gasteiger partial charge is 0.321 e. The number of carbonyl (C=O) groups excluding carboxylic acids is 2. The Kier molecular flexibility index (Phi) is 5.27. The third kappa shape index (κ3) is 5.01. The molecule has 0 aliphatic carbocycles. The topological polar surface area (TPSA) is 69.6 Å². The monoisotopic (exact) mass is 278 g/mol. The minimum absolute atomic E-state index is 0.0138. The predicted molar refractivity (Wildman–Crippen MR) is 79.0 cm³/mol. The quantitative estimate of drug-likeness (QED) is 0.813. The number of hydrogen-bond acceptors (Lipinski definition) is 3. The molecule has 0 aromatic heterocycles. The molecule has 0 saturated heterocycles. The molecule has 2 N–H and O–H groups in total. The first-order valence-corrected chi connectivity index (χ1v) is 6.62. The number of benzene rings is 1. The van der Waals surface area contributed by atoms with E-state index in [4.69, 9.17) is 0 Å². The van der Waals surface area contributed by atoms with Gasteiger partial charge in [0.2, 0.25) is 0 Å². The molecule has 5 heteroatoms. The summed E-state index contributed by atoms with van der Waals surface area (Å²) in [6, 6.07) is 6.44. The molecule has 0 aliphatic heterocycles. The molecule has 0 fully saturated rings. The van der Waals surface area contributed by atoms with Crippen molar-refractivity contribution in [2.24, 2.45) is 0 Å². The van der Waals surface area contributed by atoms with Crippen LogP contribution < -0.4 is 5.32 Å². The number of aliphatic hydroxyl groups is 1. The van der Waals surface area contributed by atoms with Gasteiger partial charge in [-0.2, -0.15) is 0 Å². The van der Waals surface area contributed by atoms with Crippen molar-refractivity contribution in [2.45, 2.75) is 33.3 Å². The summed E-state index contributed by atoms with van der Waals surface area (Å²) in [6.07, 6.45) is 0. The number of Topliss-reactive ketones (excluding diaryl/α,β-unsaturated/α-hetero) is 1. The zero-order valence-corrected chi connectivity index (χ0v) is 12.4. The van der Waals surface area contributed by atoms with Crippen molar-refractivity contribution in [3.63, 3.8) is 0 Å². The molecule has 5 nitrogen and oxygen atoms in total. The highest BCUT2D eigenvalue weighted by atomic mass is 16.3. The average molecular weight is 278 g/mol. The molecular weight excluding hydrogens is 256 g/mol. The lowest BCUT2D eigenvalue weighted by molar-refractivity contribution is 0.0501. The Morgan fingerprint density at radius 3 is 2.20 bits per heavy atom. The molecule has 0 bridgehead atoms. The summed E-state index contributed by atoms with van der Waals surface area (Å²) in [5, 5.41) is 12.5. The van der Waals surface area contributed by atoms with E-state index in [1.165, 1.54) is 11.8 Å². The van der Waals surface area contributed by atoms with Gasteiger partial charge in [-0.3, -0.25) is 4.79 Å². The van der Waals surface area contributed by atoms with Gasteiger partial charge in [-0.15, -0.1) is 0 Å². The average Bonchev–Trinajstić information content (AvgIpc) is 2.35. The van der Waals surface area contributed by atoms with Crippen LogP contribution in [0.3, 0.4) is 0 Å². The van der Waals surface area contributed by atoms with Gasteiger partial charge in [0.25, 0.3) is 0 Å². The largest absolute Gasteiger partial charge is 0.389 e. The molecule has 0 radical (unpaired) electrons. The Morgan fingerprint density at radius 2 is 1.80 bits per heavy atom. The minimum atomic E-state index is -0.939. The SMILES string of the molecule is CCN(CC(C)(C)O)C(=O)Nc1ccc(C(C)=O)cc1. The van der Waals surface area contributed by atoms with Crippen LogP contribution in [0.1, 0.15) is 38.1 Å². The van der Waals surface area contributed by atoms with Gasteiger partial charge in [-0.05, 0) is 52.0 Å². The summed E-state index contributed by atoms with van der Waals surface area (Å²) in [6.45, 7) is 7.41. The molecule has 0 aliphatic rings. The van der Waals surface area contributed by atoms with Crippen LogP contribution >= 0.6 is 0 Å². The zero-order valence-electron chi connectivity index (χ0n) is 12.4. The van der Waals surface area contributed by atoms with Crippen LogP contribution in [0.5, 0.6) is 0 Å². The highest BCUT2D eigenvalue weighted by Gasteiger charge is 2.21. The van der Waals surface area contributed by atoms with E-state index in [1.807, 2.05) is 6.92 Å². The fourth-order valence-corrected chi connectivity index (χ4v) is 1.79. The van der Waals surface area contributed by atoms with E-state index in [-0.39, 0.29) is 18.4 Å². The van der Waals surface area contributed by atoms with Crippen LogP contribution in [-0.4, -0.2) is 40.5 Å². The van der Waals surface area contributed by atoms with Crippen molar-refractivity contribution in [2.75, 3.05) is 18.4 Å². The standard InChI is InChI=1S/C15H22N2O3/c1-5-17(10-15(3,4)20)14(19)16-13-8-6-12(7-9-13)11(2)18/h6-9,20H,5,10H2,1-4H3,(H,16,19). The second-order valence-electron chi connectivity index (χ2n) is 5.39. The Bertz CT molecular complexity index is 475. The molecule has 0 spiro atoms. The van der Waals surface area contributed by atoms with Gasteiger partial charge in [0.1, 0.15) is 0 Å². The fraction of sp³-hybridized carbons (Fsp3) is 0.467. The molecule has 2 amide bonds. The third-order valence-electron chi connectivity index (χ3n) is 2.79. The highest BCUT2D eigenvalue weighted by molar-refractivity contribution is 5.95. The molecule has 1 aromatic carbocycles. The van der Waals surface area contributed by atoms with Gasteiger partial charge in [0, 0.05) is 17.8 Å². The number of amides is 2. The number of rotatable bonds is 5. The van der Waals surface area contributed by atoms with Crippen LogP contribution in [-0.2, 0) is 0 Å². The Hall–Kier alpha value is -1.88. The van der Waals surface area contributed by atoms with Crippen molar-refractivity contribution in [1.82, 2.24) is 4.90 Å². The van der Waals surface area contributed by atoms with E-state index in [1.54, 1.807) is 38.1 Å². The number of hydrogen-bond donors (Lipinski definition) is 2. The van der Waals surface area contributed by atoms with Crippen molar-refractivity contribution in [1.29, 1.82) is 0 Å². The summed E-state index contributed by atoms with van der Waals surface area (Å²) in [4.78, 5) is 24.8. The first kappa shape index (κ1) is 16.2. The van der Waals surface area contributed by atoms with Gasteiger partial charge in [0.15, 0.2) is 5.78 Å². The first-order valence-electron chi connectivity index (χ1n) is 6.62. The van der Waals surface area contributed by atoms with Crippen LogP contribution in [0.15, 0.2) is 24.3 Å². The maximum absolute atomic E-state index is 12.1. The number of nitrogens with zero attached hydrogens (tertiary/aromatic N) is 1. The van der Waals surface area contributed by atoms with Gasteiger partial charge in [0.05, 0.1) is 12.1 Å². The maximum Gasteiger partial charge on any atom is 0.321 e. The maximum atomic E-state index is 12.1. The highest BCUT2D eigenvalue weighted by Crippen LogP contribution is 2.12. The molecule has 1 aromatic rings. The predicted octanol–water partition coefficient (Wildman–Crippen LogP) is 2.51. The summed E-state index contributed by atoms with van der Waals surface area (Å²) in [7, 11) is 0. The van der Waals surface area contributed by atoms with Crippen LogP contribution in [0.2, 0.25) is 0 Å². The van der Waals surface area contributed by atoms with Crippen LogP contribution in [0.4, 0.5) is 10.5 Å². The molecule has 110 valence electrons. The van der Waals surface area contributed by atoms with Gasteiger partial charge >= 0.3 is 6.03 Å². The molecule has 0 saturated carbocycles. The normalized spacial score (nSPS) is 11.1. The molecule has 20 heavy (non-hydrogen) atoms. The van der Waals surface area contributed by atoms with Crippen molar-refractivity contribution >= 4 is 17.5 Å². The van der Waals surface area contributed by atoms with Gasteiger partial charge in [-0.25, -0.2) is 4.79 Å². The van der Waals surface area contributed by atoms with Crippen molar-refractivity contribution < 1.29 is 14.7 Å². The molecule has 0 unspecified atom stereocenters. The van der Waals surface area contributed by atoms with Crippen LogP contribution in [0.25, 0.3) is 0 Å². The Morgan fingerprint density at radius 1 is 1.25 bits per heavy atom. The number of nitrogens with one attached hydrogen (secondary N) is 1. The van der Waals surface area contributed by atoms with E-state index < -0.39 is 5.60 Å². The summed E-state index contributed by atoms with van der Waals surface area (Å²) in [5.74, 6) is -0.0138. The van der Waals surface area contributed by atoms with Gasteiger partial charge in [-0.1, -0.05) is 0 Å². The number of likely N-dealkylation sites (N-methyl/N-ethyl adjacent to an activating group) is 1. The van der Waals surface area contributed by atoms with E-state index in [0.29, 0.717) is 17.8 Å². The molecule has 1 rings (SSSR count). The first-order chi connectivity index (χ1) is 9.23. The minimum Gasteiger partial charge on any atom is -0.389 e. The summed E-state index contributed by atoms with van der Waals surface area (Å²) in [5.41, 5.74) is 0.285. The molecule has 0 heterocycles. The van der Waals surface area contributed by atoms with E-state index >= 15 is 0 Å². The lowest BCUT2D eigenvalue weighted by Crippen LogP contribution is -2.44. The molecule has 0 atom stereocenters. The van der Waals surface area contributed by atoms with Crippen LogP contribution in [0, 0.1) is 0 Å². The summed E-state index contributed by atoms with van der Waals surface area (Å²) < 4.78 is 0. The third-order valence-corrected chi connectivity index (χ3v) is 2.79. The number of ketones is 1. The van der Waals surface area contributed by atoms with E-state index in [2.05, 4.69) is 5.32 Å².